The summed E-state index contributed by atoms with van der Waals surface area (Å²) < 4.78 is 4.87. The number of esters is 1. The van der Waals surface area contributed by atoms with Gasteiger partial charge in [-0.05, 0) is 19.1 Å². The van der Waals surface area contributed by atoms with Gasteiger partial charge in [0.25, 0.3) is 5.69 Å². The molecule has 1 atom stereocenters. The van der Waals surface area contributed by atoms with Crippen molar-refractivity contribution in [3.63, 3.8) is 0 Å². The molecule has 0 radical (unpaired) electrons. The van der Waals surface area contributed by atoms with Crippen LogP contribution in [0, 0.1) is 10.1 Å². The van der Waals surface area contributed by atoms with Crippen LogP contribution in [0.2, 0.25) is 5.02 Å². The number of methoxy groups -OCH3 is 1. The fraction of sp³-hybridized carbons (Fsp3) is 0.167. The Balaban J connectivity index is 2.19. The third kappa shape index (κ3) is 3.52. The highest BCUT2D eigenvalue weighted by atomic mass is 35.5. The van der Waals surface area contributed by atoms with Crippen molar-refractivity contribution in [2.45, 2.75) is 13.0 Å². The number of halogens is 1. The number of carbonyl (C=O) groups excluding carboxylic acids is 1. The highest BCUT2D eigenvalue weighted by molar-refractivity contribution is 6.33. The summed E-state index contributed by atoms with van der Waals surface area (Å²) >= 11 is 6.27. The standard InChI is InChI=1S/C18H15ClN4O4/c1-10-14(18(24)27-2)16(11-6-5-8-13(15(11)19)23(25)26)22-17(21-10)12-7-3-4-9-20-12/h3-9,16H,1-2H3,(H,21,22). The number of hydrogen-bond acceptors (Lipinski definition) is 7. The number of hydrogen-bond donors (Lipinski definition) is 1. The van der Waals surface area contributed by atoms with Crippen molar-refractivity contribution in [1.29, 1.82) is 0 Å². The molecule has 3 rings (SSSR count). The van der Waals surface area contributed by atoms with E-state index in [-0.39, 0.29) is 16.3 Å². The Labute approximate surface area is 159 Å². The summed E-state index contributed by atoms with van der Waals surface area (Å²) in [5.41, 5.74) is 1.36. The Morgan fingerprint density at radius 1 is 1.30 bits per heavy atom. The van der Waals surface area contributed by atoms with Gasteiger partial charge in [-0.25, -0.2) is 4.79 Å². The van der Waals surface area contributed by atoms with E-state index in [2.05, 4.69) is 15.3 Å². The SMILES string of the molecule is COC(=O)C1=C(C)NC(c2ccccn2)=NC1c1cccc([N+](=O)[O-])c1Cl. The minimum atomic E-state index is -0.872. The molecule has 2 aromatic rings. The maximum atomic E-state index is 12.4. The largest absolute Gasteiger partial charge is 0.466 e. The molecule has 1 aromatic heterocycles. The monoisotopic (exact) mass is 386 g/mol. The smallest absolute Gasteiger partial charge is 0.338 e. The molecule has 0 spiro atoms. The highest BCUT2D eigenvalue weighted by Crippen LogP contribution is 2.39. The van der Waals surface area contributed by atoms with Gasteiger partial charge in [0.15, 0.2) is 5.84 Å². The Hall–Kier alpha value is -3.26. The van der Waals surface area contributed by atoms with Crippen molar-refractivity contribution in [1.82, 2.24) is 10.3 Å². The zero-order chi connectivity index (χ0) is 19.6. The molecule has 138 valence electrons. The number of amidine groups is 1. The Kier molecular flexibility index (Phi) is 5.18. The molecule has 1 N–H and O–H groups in total. The van der Waals surface area contributed by atoms with E-state index in [0.717, 1.165) is 0 Å². The lowest BCUT2D eigenvalue weighted by Crippen LogP contribution is -2.33. The van der Waals surface area contributed by atoms with Crippen molar-refractivity contribution < 1.29 is 14.5 Å². The molecule has 0 amide bonds. The molecule has 1 aliphatic heterocycles. The van der Waals surface area contributed by atoms with E-state index >= 15 is 0 Å². The predicted octanol–water partition coefficient (Wildman–Crippen LogP) is 3.18. The van der Waals surface area contributed by atoms with E-state index < -0.39 is 16.9 Å². The minimum Gasteiger partial charge on any atom is -0.466 e. The van der Waals surface area contributed by atoms with Crippen LogP contribution in [0.4, 0.5) is 5.69 Å². The van der Waals surface area contributed by atoms with Gasteiger partial charge in [-0.15, -0.1) is 0 Å². The van der Waals surface area contributed by atoms with Crippen molar-refractivity contribution in [2.75, 3.05) is 7.11 Å². The molecule has 27 heavy (non-hydrogen) atoms. The lowest BCUT2D eigenvalue weighted by atomic mass is 9.95. The van der Waals surface area contributed by atoms with Crippen LogP contribution in [0.1, 0.15) is 24.2 Å². The lowest BCUT2D eigenvalue weighted by Gasteiger charge is -2.26. The van der Waals surface area contributed by atoms with E-state index in [9.17, 15) is 14.9 Å². The minimum absolute atomic E-state index is 0.0762. The molecular weight excluding hydrogens is 372 g/mol. The van der Waals surface area contributed by atoms with Crippen LogP contribution in [0.15, 0.2) is 58.9 Å². The fourth-order valence-electron chi connectivity index (χ4n) is 2.80. The van der Waals surface area contributed by atoms with E-state index in [1.54, 1.807) is 37.4 Å². The fourth-order valence-corrected chi connectivity index (χ4v) is 3.10. The number of rotatable bonds is 4. The number of allylic oxidation sites excluding steroid dienone is 1. The van der Waals surface area contributed by atoms with Gasteiger partial charge in [0, 0.05) is 23.5 Å². The number of ether oxygens (including phenoxy) is 1. The van der Waals surface area contributed by atoms with Crippen molar-refractivity contribution in [3.05, 3.63) is 80.3 Å². The Bertz CT molecular complexity index is 973. The van der Waals surface area contributed by atoms with Crippen LogP contribution in [0.25, 0.3) is 0 Å². The summed E-state index contributed by atoms with van der Waals surface area (Å²) in [5, 5.41) is 14.2. The first-order valence-electron chi connectivity index (χ1n) is 7.92. The van der Waals surface area contributed by atoms with Crippen molar-refractivity contribution in [3.8, 4) is 0 Å². The lowest BCUT2D eigenvalue weighted by molar-refractivity contribution is -0.384. The maximum Gasteiger partial charge on any atom is 0.338 e. The predicted molar refractivity (Wildman–Crippen MR) is 99.5 cm³/mol. The van der Waals surface area contributed by atoms with Crippen molar-refractivity contribution in [2.24, 2.45) is 4.99 Å². The molecule has 0 bridgehead atoms. The summed E-state index contributed by atoms with van der Waals surface area (Å²) in [6.07, 6.45) is 1.61. The number of benzene rings is 1. The van der Waals surface area contributed by atoms with Crippen LogP contribution in [0.3, 0.4) is 0 Å². The first-order valence-corrected chi connectivity index (χ1v) is 8.30. The summed E-state index contributed by atoms with van der Waals surface area (Å²) in [6, 6.07) is 8.85. The molecule has 0 saturated carbocycles. The number of nitrogens with one attached hydrogen (secondary N) is 1. The molecule has 1 aromatic carbocycles. The molecule has 9 heteroatoms. The highest BCUT2D eigenvalue weighted by Gasteiger charge is 2.33. The Morgan fingerprint density at radius 2 is 2.07 bits per heavy atom. The first-order chi connectivity index (χ1) is 12.9. The zero-order valence-corrected chi connectivity index (χ0v) is 15.2. The van der Waals surface area contributed by atoms with E-state index in [0.29, 0.717) is 22.8 Å². The molecule has 0 aliphatic carbocycles. The van der Waals surface area contributed by atoms with Gasteiger partial charge in [-0.2, -0.15) is 0 Å². The van der Waals surface area contributed by atoms with Gasteiger partial charge in [0.1, 0.15) is 16.8 Å². The van der Waals surface area contributed by atoms with Gasteiger partial charge < -0.3 is 10.1 Å². The number of carbonyl (C=O) groups is 1. The summed E-state index contributed by atoms with van der Waals surface area (Å²) in [6.45, 7) is 1.70. The quantitative estimate of drug-likeness (QED) is 0.491. The summed E-state index contributed by atoms with van der Waals surface area (Å²) in [4.78, 5) is 31.8. The summed E-state index contributed by atoms with van der Waals surface area (Å²) in [5.74, 6) is -0.176. The summed E-state index contributed by atoms with van der Waals surface area (Å²) in [7, 11) is 1.26. The molecule has 8 nitrogen and oxygen atoms in total. The van der Waals surface area contributed by atoms with Gasteiger partial charge in [0.05, 0.1) is 17.6 Å². The second-order valence-electron chi connectivity index (χ2n) is 5.69. The number of nitro benzene ring substituents is 1. The van der Waals surface area contributed by atoms with Crippen LogP contribution in [-0.4, -0.2) is 28.8 Å². The number of nitrogens with zero attached hydrogens (tertiary/aromatic N) is 3. The van der Waals surface area contributed by atoms with Crippen LogP contribution < -0.4 is 5.32 Å². The molecule has 1 aliphatic rings. The number of nitro groups is 1. The molecule has 0 saturated heterocycles. The van der Waals surface area contributed by atoms with Gasteiger partial charge in [-0.3, -0.25) is 20.1 Å². The van der Waals surface area contributed by atoms with Gasteiger partial charge in [-0.1, -0.05) is 29.8 Å². The topological polar surface area (TPSA) is 107 Å². The second kappa shape index (κ2) is 7.55. The molecule has 2 heterocycles. The molecule has 0 fully saturated rings. The average molecular weight is 387 g/mol. The van der Waals surface area contributed by atoms with E-state index in [1.807, 2.05) is 0 Å². The second-order valence-corrected chi connectivity index (χ2v) is 6.07. The third-order valence-corrected chi connectivity index (χ3v) is 4.47. The van der Waals surface area contributed by atoms with Crippen LogP contribution >= 0.6 is 11.6 Å². The first kappa shape index (κ1) is 18.5. The van der Waals surface area contributed by atoms with Gasteiger partial charge in [0.2, 0.25) is 0 Å². The number of pyridine rings is 1. The average Bonchev–Trinajstić information content (AvgIpc) is 2.67. The normalized spacial score (nSPS) is 16.4. The van der Waals surface area contributed by atoms with Crippen LogP contribution in [0.5, 0.6) is 0 Å². The van der Waals surface area contributed by atoms with Crippen LogP contribution in [-0.2, 0) is 9.53 Å². The number of aromatic nitrogens is 1. The Morgan fingerprint density at radius 3 is 2.70 bits per heavy atom. The van der Waals surface area contributed by atoms with E-state index in [4.69, 9.17) is 16.3 Å². The van der Waals surface area contributed by atoms with Gasteiger partial charge >= 0.3 is 5.97 Å². The third-order valence-electron chi connectivity index (χ3n) is 4.05. The molecule has 1 unspecified atom stereocenters. The maximum absolute atomic E-state index is 12.4. The van der Waals surface area contributed by atoms with E-state index in [1.165, 1.54) is 19.2 Å². The number of aliphatic imine (C=N–C) groups is 1. The zero-order valence-electron chi connectivity index (χ0n) is 14.5. The molecular formula is C18H15ClN4O4. The van der Waals surface area contributed by atoms with Crippen molar-refractivity contribution >= 4 is 29.1 Å².